The SMILES string of the molecule is Cc1cccc(C2(C(=O)N(C)Cc3c(C)noc3C)CCCCC2)c1. The first-order valence-corrected chi connectivity index (χ1v) is 9.18. The molecule has 134 valence electrons. The van der Waals surface area contributed by atoms with E-state index in [0.717, 1.165) is 42.7 Å². The van der Waals surface area contributed by atoms with Gasteiger partial charge in [-0.05, 0) is 39.2 Å². The number of hydrogen-bond acceptors (Lipinski definition) is 3. The van der Waals surface area contributed by atoms with Crippen molar-refractivity contribution in [1.82, 2.24) is 10.1 Å². The summed E-state index contributed by atoms with van der Waals surface area (Å²) in [7, 11) is 1.90. The van der Waals surface area contributed by atoms with Crippen LogP contribution in [0.4, 0.5) is 0 Å². The molecule has 0 atom stereocenters. The van der Waals surface area contributed by atoms with Gasteiger partial charge in [0.05, 0.1) is 17.7 Å². The number of aromatic nitrogens is 1. The normalized spacial score (nSPS) is 16.6. The topological polar surface area (TPSA) is 46.3 Å². The maximum absolute atomic E-state index is 13.6. The van der Waals surface area contributed by atoms with Crippen molar-refractivity contribution in [2.75, 3.05) is 7.05 Å². The quantitative estimate of drug-likeness (QED) is 0.825. The molecule has 1 amide bonds. The van der Waals surface area contributed by atoms with E-state index < -0.39 is 5.41 Å². The Morgan fingerprint density at radius 3 is 2.52 bits per heavy atom. The van der Waals surface area contributed by atoms with Gasteiger partial charge in [0.25, 0.3) is 0 Å². The standard InChI is InChI=1S/C21H28N2O2/c1-15-9-8-10-18(13-15)21(11-6-5-7-12-21)20(24)23(4)14-19-16(2)22-25-17(19)3/h8-10,13H,5-7,11-12,14H2,1-4H3. The fraction of sp³-hybridized carbons (Fsp3) is 0.524. The molecule has 0 unspecified atom stereocenters. The fourth-order valence-electron chi connectivity index (χ4n) is 4.13. The molecule has 4 heteroatoms. The van der Waals surface area contributed by atoms with Crippen LogP contribution in [0.2, 0.25) is 0 Å². The second-order valence-electron chi connectivity index (χ2n) is 7.48. The fourth-order valence-corrected chi connectivity index (χ4v) is 4.13. The van der Waals surface area contributed by atoms with Crippen LogP contribution in [-0.2, 0) is 16.8 Å². The van der Waals surface area contributed by atoms with Crippen LogP contribution in [0.1, 0.15) is 60.2 Å². The third kappa shape index (κ3) is 3.35. The molecule has 0 bridgehead atoms. The molecule has 4 nitrogen and oxygen atoms in total. The smallest absolute Gasteiger partial charge is 0.233 e. The van der Waals surface area contributed by atoms with Crippen LogP contribution in [0.5, 0.6) is 0 Å². The number of likely N-dealkylation sites (N-methyl/N-ethyl adjacent to an activating group) is 1. The molecule has 1 fully saturated rings. The predicted molar refractivity (Wildman–Crippen MR) is 98.4 cm³/mol. The molecule has 1 saturated carbocycles. The van der Waals surface area contributed by atoms with Crippen molar-refractivity contribution in [2.45, 2.75) is 64.8 Å². The van der Waals surface area contributed by atoms with Gasteiger partial charge in [-0.1, -0.05) is 54.2 Å². The lowest BCUT2D eigenvalue weighted by Crippen LogP contribution is -2.46. The summed E-state index contributed by atoms with van der Waals surface area (Å²) in [6, 6.07) is 8.48. The Morgan fingerprint density at radius 1 is 1.20 bits per heavy atom. The van der Waals surface area contributed by atoms with Crippen LogP contribution < -0.4 is 0 Å². The number of carbonyl (C=O) groups is 1. The Kier molecular flexibility index (Phi) is 4.98. The van der Waals surface area contributed by atoms with Crippen molar-refractivity contribution in [3.63, 3.8) is 0 Å². The summed E-state index contributed by atoms with van der Waals surface area (Å²) in [6.07, 6.45) is 5.30. The molecule has 25 heavy (non-hydrogen) atoms. The van der Waals surface area contributed by atoms with E-state index in [1.165, 1.54) is 17.5 Å². The van der Waals surface area contributed by atoms with E-state index in [0.29, 0.717) is 6.54 Å². The van der Waals surface area contributed by atoms with Gasteiger partial charge in [-0.15, -0.1) is 0 Å². The molecular formula is C21H28N2O2. The van der Waals surface area contributed by atoms with Crippen molar-refractivity contribution in [1.29, 1.82) is 0 Å². The third-order valence-corrected chi connectivity index (χ3v) is 5.61. The zero-order valence-electron chi connectivity index (χ0n) is 15.8. The average Bonchev–Trinajstić information content (AvgIpc) is 2.93. The Bertz CT molecular complexity index is 738. The highest BCUT2D eigenvalue weighted by Gasteiger charge is 2.42. The van der Waals surface area contributed by atoms with E-state index in [1.807, 2.05) is 25.8 Å². The van der Waals surface area contributed by atoms with E-state index in [1.54, 1.807) is 0 Å². The summed E-state index contributed by atoms with van der Waals surface area (Å²) in [4.78, 5) is 15.4. The average molecular weight is 340 g/mol. The first kappa shape index (κ1) is 17.7. The molecule has 1 aromatic carbocycles. The molecule has 1 aromatic heterocycles. The number of amides is 1. The number of rotatable bonds is 4. The van der Waals surface area contributed by atoms with Gasteiger partial charge in [0.2, 0.25) is 5.91 Å². The van der Waals surface area contributed by atoms with E-state index in [4.69, 9.17) is 4.52 Å². The summed E-state index contributed by atoms with van der Waals surface area (Å²) in [5.41, 5.74) is 3.88. The zero-order valence-corrected chi connectivity index (χ0v) is 15.8. The summed E-state index contributed by atoms with van der Waals surface area (Å²) in [5.74, 6) is 1.02. The minimum absolute atomic E-state index is 0.220. The van der Waals surface area contributed by atoms with Crippen LogP contribution in [0.25, 0.3) is 0 Å². The highest BCUT2D eigenvalue weighted by Crippen LogP contribution is 2.41. The second-order valence-corrected chi connectivity index (χ2v) is 7.48. The highest BCUT2D eigenvalue weighted by molar-refractivity contribution is 5.88. The van der Waals surface area contributed by atoms with E-state index in [2.05, 4.69) is 36.3 Å². The molecule has 0 radical (unpaired) electrons. The van der Waals surface area contributed by atoms with Crippen molar-refractivity contribution < 1.29 is 9.32 Å². The van der Waals surface area contributed by atoms with Crippen LogP contribution in [0.15, 0.2) is 28.8 Å². The zero-order chi connectivity index (χ0) is 18.0. The lowest BCUT2D eigenvalue weighted by molar-refractivity contribution is -0.138. The molecule has 3 rings (SSSR count). The van der Waals surface area contributed by atoms with Crippen LogP contribution in [0.3, 0.4) is 0 Å². The van der Waals surface area contributed by atoms with Crippen molar-refractivity contribution >= 4 is 5.91 Å². The van der Waals surface area contributed by atoms with Crippen LogP contribution in [-0.4, -0.2) is 23.0 Å². The van der Waals surface area contributed by atoms with E-state index in [9.17, 15) is 4.79 Å². The van der Waals surface area contributed by atoms with Gasteiger partial charge in [-0.3, -0.25) is 4.79 Å². The Labute approximate surface area is 150 Å². The molecule has 2 aromatic rings. The lowest BCUT2D eigenvalue weighted by atomic mass is 9.68. The second kappa shape index (κ2) is 7.03. The third-order valence-electron chi connectivity index (χ3n) is 5.61. The molecule has 0 spiro atoms. The minimum Gasteiger partial charge on any atom is -0.361 e. The van der Waals surface area contributed by atoms with Gasteiger partial charge in [0, 0.05) is 12.6 Å². The summed E-state index contributed by atoms with van der Waals surface area (Å²) < 4.78 is 5.26. The maximum atomic E-state index is 13.6. The van der Waals surface area contributed by atoms with Crippen molar-refractivity contribution in [3.05, 3.63) is 52.4 Å². The van der Waals surface area contributed by atoms with Gasteiger partial charge in [0.1, 0.15) is 5.76 Å². The van der Waals surface area contributed by atoms with Crippen LogP contribution >= 0.6 is 0 Å². The number of nitrogens with zero attached hydrogens (tertiary/aromatic N) is 2. The summed E-state index contributed by atoms with van der Waals surface area (Å²) >= 11 is 0. The van der Waals surface area contributed by atoms with Gasteiger partial charge in [0.15, 0.2) is 0 Å². The molecule has 0 saturated heterocycles. The maximum Gasteiger partial charge on any atom is 0.233 e. The number of benzene rings is 1. The van der Waals surface area contributed by atoms with E-state index in [-0.39, 0.29) is 5.91 Å². The van der Waals surface area contributed by atoms with Gasteiger partial charge in [-0.2, -0.15) is 0 Å². The number of carbonyl (C=O) groups excluding carboxylic acids is 1. The first-order chi connectivity index (χ1) is 11.9. The highest BCUT2D eigenvalue weighted by atomic mass is 16.5. The molecule has 1 heterocycles. The minimum atomic E-state index is -0.391. The molecule has 0 aliphatic heterocycles. The number of aryl methyl sites for hydroxylation is 3. The first-order valence-electron chi connectivity index (χ1n) is 9.18. The predicted octanol–water partition coefficient (Wildman–Crippen LogP) is 4.46. The van der Waals surface area contributed by atoms with E-state index >= 15 is 0 Å². The molecule has 0 N–H and O–H groups in total. The van der Waals surface area contributed by atoms with Crippen molar-refractivity contribution in [3.8, 4) is 0 Å². The summed E-state index contributed by atoms with van der Waals surface area (Å²) in [6.45, 7) is 6.48. The largest absolute Gasteiger partial charge is 0.361 e. The monoisotopic (exact) mass is 340 g/mol. The van der Waals surface area contributed by atoms with Crippen molar-refractivity contribution in [2.24, 2.45) is 0 Å². The Hall–Kier alpha value is -2.10. The van der Waals surface area contributed by atoms with Gasteiger partial charge >= 0.3 is 0 Å². The Morgan fingerprint density at radius 2 is 1.92 bits per heavy atom. The molecule has 1 aliphatic carbocycles. The van der Waals surface area contributed by atoms with Gasteiger partial charge < -0.3 is 9.42 Å². The molecule has 1 aliphatic rings. The molecular weight excluding hydrogens is 312 g/mol. The number of hydrogen-bond donors (Lipinski definition) is 0. The van der Waals surface area contributed by atoms with Gasteiger partial charge in [-0.25, -0.2) is 0 Å². The lowest BCUT2D eigenvalue weighted by Gasteiger charge is -2.39. The summed E-state index contributed by atoms with van der Waals surface area (Å²) in [5, 5.41) is 4.02. The Balaban J connectivity index is 1.92. The van der Waals surface area contributed by atoms with Crippen LogP contribution in [0, 0.1) is 20.8 Å².